The van der Waals surface area contributed by atoms with E-state index in [9.17, 15) is 8.42 Å². The molecule has 0 aromatic heterocycles. The summed E-state index contributed by atoms with van der Waals surface area (Å²) in [4.78, 5) is 0. The van der Waals surface area contributed by atoms with Crippen LogP contribution >= 0.6 is 0 Å². The van der Waals surface area contributed by atoms with Crippen molar-refractivity contribution < 1.29 is 8.42 Å². The van der Waals surface area contributed by atoms with E-state index in [-0.39, 0.29) is 0 Å². The van der Waals surface area contributed by atoms with Crippen molar-refractivity contribution in [1.29, 1.82) is 0 Å². The SMILES string of the molecule is CCCC(CC)NCCCNS(C)(=O)=O. The van der Waals surface area contributed by atoms with E-state index in [1.165, 1.54) is 19.1 Å². The molecule has 0 fully saturated rings. The van der Waals surface area contributed by atoms with Gasteiger partial charge in [0, 0.05) is 12.6 Å². The smallest absolute Gasteiger partial charge is 0.208 e. The molecule has 0 aromatic rings. The second-order valence-corrected chi connectivity index (χ2v) is 5.70. The summed E-state index contributed by atoms with van der Waals surface area (Å²) in [6.45, 7) is 5.74. The van der Waals surface area contributed by atoms with Gasteiger partial charge in [0.15, 0.2) is 0 Å². The fraction of sp³-hybridized carbons (Fsp3) is 1.00. The predicted molar refractivity (Wildman–Crippen MR) is 64.5 cm³/mol. The van der Waals surface area contributed by atoms with Crippen molar-refractivity contribution in [2.75, 3.05) is 19.3 Å². The highest BCUT2D eigenvalue weighted by molar-refractivity contribution is 7.88. The molecule has 0 radical (unpaired) electrons. The van der Waals surface area contributed by atoms with Crippen LogP contribution in [0, 0.1) is 0 Å². The fourth-order valence-corrected chi connectivity index (χ4v) is 1.97. The summed E-state index contributed by atoms with van der Waals surface area (Å²) in [5.74, 6) is 0. The molecule has 0 amide bonds. The van der Waals surface area contributed by atoms with E-state index in [0.29, 0.717) is 12.6 Å². The van der Waals surface area contributed by atoms with E-state index in [4.69, 9.17) is 0 Å². The van der Waals surface area contributed by atoms with Crippen LogP contribution in [0.15, 0.2) is 0 Å². The van der Waals surface area contributed by atoms with E-state index < -0.39 is 10.0 Å². The molecule has 5 heteroatoms. The van der Waals surface area contributed by atoms with Crippen molar-refractivity contribution in [2.45, 2.75) is 45.6 Å². The van der Waals surface area contributed by atoms with Crippen molar-refractivity contribution >= 4 is 10.0 Å². The topological polar surface area (TPSA) is 58.2 Å². The number of hydrogen-bond donors (Lipinski definition) is 2. The van der Waals surface area contributed by atoms with Gasteiger partial charge in [0.1, 0.15) is 0 Å². The van der Waals surface area contributed by atoms with Gasteiger partial charge in [0.2, 0.25) is 10.0 Å². The van der Waals surface area contributed by atoms with Crippen LogP contribution < -0.4 is 10.0 Å². The minimum absolute atomic E-state index is 0.522. The summed E-state index contributed by atoms with van der Waals surface area (Å²) < 4.78 is 24.0. The Morgan fingerprint density at radius 3 is 2.33 bits per heavy atom. The lowest BCUT2D eigenvalue weighted by atomic mass is 10.1. The molecule has 0 bridgehead atoms. The van der Waals surface area contributed by atoms with Crippen LogP contribution in [0.25, 0.3) is 0 Å². The van der Waals surface area contributed by atoms with Gasteiger partial charge < -0.3 is 5.32 Å². The summed E-state index contributed by atoms with van der Waals surface area (Å²) in [6, 6.07) is 0.577. The Balaban J connectivity index is 3.44. The molecule has 0 aliphatic rings. The molecule has 0 aliphatic heterocycles. The van der Waals surface area contributed by atoms with Crippen LogP contribution in [0.4, 0.5) is 0 Å². The van der Waals surface area contributed by atoms with Crippen LogP contribution in [0.5, 0.6) is 0 Å². The molecule has 0 saturated carbocycles. The minimum Gasteiger partial charge on any atom is -0.314 e. The van der Waals surface area contributed by atoms with E-state index in [1.54, 1.807) is 0 Å². The van der Waals surface area contributed by atoms with Gasteiger partial charge in [-0.05, 0) is 25.8 Å². The third-order valence-corrected chi connectivity index (χ3v) is 3.01. The summed E-state index contributed by atoms with van der Waals surface area (Å²) in [5.41, 5.74) is 0. The first-order valence-electron chi connectivity index (χ1n) is 5.67. The normalized spacial score (nSPS) is 14.1. The number of nitrogens with one attached hydrogen (secondary N) is 2. The van der Waals surface area contributed by atoms with Crippen molar-refractivity contribution in [3.8, 4) is 0 Å². The van der Waals surface area contributed by atoms with E-state index in [0.717, 1.165) is 19.4 Å². The van der Waals surface area contributed by atoms with Crippen LogP contribution in [0.3, 0.4) is 0 Å². The van der Waals surface area contributed by atoms with Crippen molar-refractivity contribution in [3.63, 3.8) is 0 Å². The van der Waals surface area contributed by atoms with Gasteiger partial charge in [-0.25, -0.2) is 13.1 Å². The number of sulfonamides is 1. The molecule has 0 rings (SSSR count). The molecule has 0 aliphatic carbocycles. The third kappa shape index (κ3) is 10.2. The van der Waals surface area contributed by atoms with Gasteiger partial charge in [-0.15, -0.1) is 0 Å². The lowest BCUT2D eigenvalue weighted by Gasteiger charge is -2.15. The van der Waals surface area contributed by atoms with E-state index in [1.807, 2.05) is 0 Å². The Morgan fingerprint density at radius 1 is 1.20 bits per heavy atom. The van der Waals surface area contributed by atoms with Gasteiger partial charge in [-0.3, -0.25) is 0 Å². The quantitative estimate of drug-likeness (QED) is 0.589. The summed E-state index contributed by atoms with van der Waals surface area (Å²) in [5, 5.41) is 3.42. The average Bonchev–Trinajstić information content (AvgIpc) is 2.14. The summed E-state index contributed by atoms with van der Waals surface area (Å²) in [7, 11) is -3.02. The highest BCUT2D eigenvalue weighted by Crippen LogP contribution is 2.00. The molecule has 92 valence electrons. The second kappa shape index (κ2) is 8.07. The molecule has 4 nitrogen and oxygen atoms in total. The third-order valence-electron chi connectivity index (χ3n) is 2.28. The van der Waals surface area contributed by atoms with Gasteiger partial charge in [0.25, 0.3) is 0 Å². The lowest BCUT2D eigenvalue weighted by molar-refractivity contribution is 0.458. The van der Waals surface area contributed by atoms with E-state index in [2.05, 4.69) is 23.9 Å². The molecular formula is C10H24N2O2S. The largest absolute Gasteiger partial charge is 0.314 e. The van der Waals surface area contributed by atoms with Crippen molar-refractivity contribution in [3.05, 3.63) is 0 Å². The molecule has 2 N–H and O–H groups in total. The zero-order chi connectivity index (χ0) is 11.7. The van der Waals surface area contributed by atoms with Gasteiger partial charge in [-0.1, -0.05) is 20.3 Å². The second-order valence-electron chi connectivity index (χ2n) is 3.87. The highest BCUT2D eigenvalue weighted by atomic mass is 32.2. The number of hydrogen-bond acceptors (Lipinski definition) is 3. The highest BCUT2D eigenvalue weighted by Gasteiger charge is 2.03. The maximum Gasteiger partial charge on any atom is 0.208 e. The molecule has 0 spiro atoms. The zero-order valence-electron chi connectivity index (χ0n) is 10.0. The molecule has 1 unspecified atom stereocenters. The first-order chi connectivity index (χ1) is 6.99. The zero-order valence-corrected chi connectivity index (χ0v) is 10.9. The average molecular weight is 236 g/mol. The Labute approximate surface area is 93.9 Å². The summed E-state index contributed by atoms with van der Waals surface area (Å²) >= 11 is 0. The Kier molecular flexibility index (Phi) is 8.00. The maximum atomic E-state index is 10.8. The maximum absolute atomic E-state index is 10.8. The molecular weight excluding hydrogens is 212 g/mol. The summed E-state index contributed by atoms with van der Waals surface area (Å²) in [6.07, 6.45) is 5.54. The molecule has 1 atom stereocenters. The van der Waals surface area contributed by atoms with Crippen LogP contribution in [-0.4, -0.2) is 33.8 Å². The van der Waals surface area contributed by atoms with Crippen molar-refractivity contribution in [2.24, 2.45) is 0 Å². The Bertz CT molecular complexity index is 240. The first kappa shape index (κ1) is 14.9. The van der Waals surface area contributed by atoms with E-state index >= 15 is 0 Å². The molecule has 0 saturated heterocycles. The molecule has 15 heavy (non-hydrogen) atoms. The minimum atomic E-state index is -3.02. The fourth-order valence-electron chi connectivity index (χ4n) is 1.45. The number of rotatable bonds is 9. The predicted octanol–water partition coefficient (Wildman–Crippen LogP) is 1.09. The molecule has 0 heterocycles. The van der Waals surface area contributed by atoms with Crippen LogP contribution in [-0.2, 0) is 10.0 Å². The lowest BCUT2D eigenvalue weighted by Crippen LogP contribution is -2.32. The monoisotopic (exact) mass is 236 g/mol. The van der Waals surface area contributed by atoms with Gasteiger partial charge >= 0.3 is 0 Å². The van der Waals surface area contributed by atoms with Crippen LogP contribution in [0.2, 0.25) is 0 Å². The molecule has 0 aromatic carbocycles. The Morgan fingerprint density at radius 2 is 1.87 bits per heavy atom. The standard InChI is InChI=1S/C10H24N2O2S/c1-4-7-10(5-2)11-8-6-9-12-15(3,13)14/h10-12H,4-9H2,1-3H3. The van der Waals surface area contributed by atoms with Crippen LogP contribution in [0.1, 0.15) is 39.5 Å². The van der Waals surface area contributed by atoms with Gasteiger partial charge in [0.05, 0.1) is 6.26 Å². The first-order valence-corrected chi connectivity index (χ1v) is 7.56. The van der Waals surface area contributed by atoms with Crippen molar-refractivity contribution in [1.82, 2.24) is 10.0 Å². The van der Waals surface area contributed by atoms with Gasteiger partial charge in [-0.2, -0.15) is 0 Å². The Hall–Kier alpha value is -0.130.